The second-order valence-electron chi connectivity index (χ2n) is 11.8. The zero-order valence-electron chi connectivity index (χ0n) is 24.2. The van der Waals surface area contributed by atoms with Gasteiger partial charge in [-0.25, -0.2) is 0 Å². The van der Waals surface area contributed by atoms with E-state index in [4.69, 9.17) is 16.3 Å². The molecule has 3 aliphatic rings. The van der Waals surface area contributed by atoms with Crippen molar-refractivity contribution in [2.24, 2.45) is 17.8 Å². The monoisotopic (exact) mass is 581 g/mol. The summed E-state index contributed by atoms with van der Waals surface area (Å²) >= 11 is 6.47. The third kappa shape index (κ3) is 4.74. The van der Waals surface area contributed by atoms with E-state index < -0.39 is 41.0 Å². The zero-order chi connectivity index (χ0) is 29.5. The van der Waals surface area contributed by atoms with E-state index >= 15 is 0 Å². The molecule has 3 fully saturated rings. The Morgan fingerprint density at radius 3 is 2.49 bits per heavy atom. The number of carbonyl (C=O) groups excluding carboxylic acids is 3. The molecule has 3 saturated heterocycles. The van der Waals surface area contributed by atoms with Crippen molar-refractivity contribution in [3.8, 4) is 0 Å². The molecule has 3 amide bonds. The molecule has 1 spiro atoms. The third-order valence-electron chi connectivity index (χ3n) is 9.77. The van der Waals surface area contributed by atoms with Crippen molar-refractivity contribution in [1.29, 1.82) is 0 Å². The molecule has 0 aliphatic carbocycles. The topological polar surface area (TPSA) is 108 Å². The molecule has 220 valence electrons. The number of aryl methyl sites for hydroxylation is 1. The number of aliphatic hydroxyl groups excluding tert-OH is 1. The maximum absolute atomic E-state index is 14.5. The number of nitrogens with zero attached hydrogens (tertiary/aromatic N) is 1. The molecule has 9 heteroatoms. The van der Waals surface area contributed by atoms with Crippen LogP contribution in [0.15, 0.2) is 48.5 Å². The van der Waals surface area contributed by atoms with Crippen LogP contribution in [0.25, 0.3) is 0 Å². The molecule has 2 aromatic carbocycles. The van der Waals surface area contributed by atoms with Crippen molar-refractivity contribution in [2.45, 2.75) is 83.2 Å². The van der Waals surface area contributed by atoms with Gasteiger partial charge >= 0.3 is 0 Å². The number of hydrogen-bond donors (Lipinski definition) is 3. The molecule has 2 aromatic rings. The number of carbonyl (C=O) groups is 3. The largest absolute Gasteiger partial charge is 0.394 e. The second-order valence-corrected chi connectivity index (χ2v) is 12.2. The lowest BCUT2D eigenvalue weighted by Gasteiger charge is -2.39. The minimum Gasteiger partial charge on any atom is -0.394 e. The van der Waals surface area contributed by atoms with Crippen LogP contribution in [0, 0.1) is 24.7 Å². The van der Waals surface area contributed by atoms with Gasteiger partial charge < -0.3 is 25.4 Å². The van der Waals surface area contributed by atoms with E-state index in [0.29, 0.717) is 42.9 Å². The fourth-order valence-electron chi connectivity index (χ4n) is 7.40. The predicted molar refractivity (Wildman–Crippen MR) is 157 cm³/mol. The number of para-hydroxylation sites is 1. The lowest BCUT2D eigenvalue weighted by atomic mass is 9.65. The van der Waals surface area contributed by atoms with Gasteiger partial charge in [-0.15, -0.1) is 0 Å². The van der Waals surface area contributed by atoms with Crippen molar-refractivity contribution in [3.63, 3.8) is 0 Å². The average molecular weight is 582 g/mol. The van der Waals surface area contributed by atoms with Crippen LogP contribution in [-0.4, -0.2) is 57.6 Å². The number of ether oxygens (including phenoxy) is 1. The summed E-state index contributed by atoms with van der Waals surface area (Å²) in [6.45, 7) is 7.80. The molecule has 3 heterocycles. The van der Waals surface area contributed by atoms with Crippen molar-refractivity contribution in [3.05, 3.63) is 64.7 Å². The van der Waals surface area contributed by atoms with Crippen molar-refractivity contribution >= 4 is 35.0 Å². The highest BCUT2D eigenvalue weighted by Gasteiger charge is 2.79. The van der Waals surface area contributed by atoms with Crippen LogP contribution in [0.2, 0.25) is 5.02 Å². The highest BCUT2D eigenvalue weighted by Crippen LogP contribution is 2.64. The van der Waals surface area contributed by atoms with Gasteiger partial charge in [0.25, 0.3) is 0 Å². The SMILES string of the molecule is CC[C@H](C)[C@H](CO)N1C(=O)[C@@H]2[C@@H](C(=O)NCc3ccccc3)[C@@]3(CC)CCC2(O3)C1C(=O)Nc1c(C)cccc1Cl. The van der Waals surface area contributed by atoms with Crippen LogP contribution in [0.5, 0.6) is 0 Å². The summed E-state index contributed by atoms with van der Waals surface area (Å²) in [5.74, 6) is -2.66. The van der Waals surface area contributed by atoms with Gasteiger partial charge in [0, 0.05) is 6.54 Å². The molecule has 0 aromatic heterocycles. The molecule has 2 bridgehead atoms. The highest BCUT2D eigenvalue weighted by molar-refractivity contribution is 6.34. The summed E-state index contributed by atoms with van der Waals surface area (Å²) < 4.78 is 6.85. The molecular weight excluding hydrogens is 542 g/mol. The standard InChI is InChI=1S/C32H40ClN3O5/c1-5-19(3)23(18-37)36-27(29(39)35-26-20(4)11-10-14-22(26)33)32-16-15-31(6-2,41-32)24(25(32)30(36)40)28(38)34-17-21-12-8-7-9-13-21/h7-14,19,23-25,27,37H,5-6,15-18H2,1-4H3,(H,34,38)(H,35,39)/t19-,23-,24-,25-,27?,31+,32?/m0/s1. The number of hydrogen-bond acceptors (Lipinski definition) is 5. The minimum absolute atomic E-state index is 0.0841. The molecule has 0 radical (unpaired) electrons. The Morgan fingerprint density at radius 2 is 1.85 bits per heavy atom. The molecule has 3 N–H and O–H groups in total. The Labute approximate surface area is 246 Å². The molecular formula is C32H40ClN3O5. The van der Waals surface area contributed by atoms with Gasteiger partial charge in [0.15, 0.2) is 0 Å². The molecule has 8 nitrogen and oxygen atoms in total. The maximum Gasteiger partial charge on any atom is 0.250 e. The van der Waals surface area contributed by atoms with Crippen LogP contribution < -0.4 is 10.6 Å². The Bertz CT molecular complexity index is 1300. The number of halogens is 1. The Hall–Kier alpha value is -2.94. The molecule has 41 heavy (non-hydrogen) atoms. The Kier molecular flexibility index (Phi) is 8.21. The molecule has 7 atom stereocenters. The van der Waals surface area contributed by atoms with E-state index in [1.54, 1.807) is 6.07 Å². The number of likely N-dealkylation sites (tertiary alicyclic amines) is 1. The number of rotatable bonds is 10. The lowest BCUT2D eigenvalue weighted by Crippen LogP contribution is -2.57. The van der Waals surface area contributed by atoms with Crippen LogP contribution in [0.1, 0.15) is 57.6 Å². The van der Waals surface area contributed by atoms with Crippen molar-refractivity contribution in [2.75, 3.05) is 11.9 Å². The zero-order valence-corrected chi connectivity index (χ0v) is 24.9. The average Bonchev–Trinajstić information content (AvgIpc) is 3.58. The first-order valence-electron chi connectivity index (χ1n) is 14.6. The number of aliphatic hydroxyl groups is 1. The minimum atomic E-state index is -1.19. The smallest absolute Gasteiger partial charge is 0.250 e. The van der Waals surface area contributed by atoms with Crippen LogP contribution >= 0.6 is 11.6 Å². The van der Waals surface area contributed by atoms with Gasteiger partial charge in [0.2, 0.25) is 17.7 Å². The highest BCUT2D eigenvalue weighted by atomic mass is 35.5. The van der Waals surface area contributed by atoms with Gasteiger partial charge in [0.05, 0.1) is 40.8 Å². The van der Waals surface area contributed by atoms with E-state index in [0.717, 1.165) is 11.1 Å². The van der Waals surface area contributed by atoms with Crippen molar-refractivity contribution < 1.29 is 24.2 Å². The van der Waals surface area contributed by atoms with Gasteiger partial charge in [-0.3, -0.25) is 14.4 Å². The number of fused-ring (bicyclic) bond motifs is 1. The molecule has 5 rings (SSSR count). The lowest BCUT2D eigenvalue weighted by molar-refractivity contribution is -0.150. The van der Waals surface area contributed by atoms with E-state index in [2.05, 4.69) is 10.6 Å². The van der Waals surface area contributed by atoms with Gasteiger partial charge in [0.1, 0.15) is 11.6 Å². The third-order valence-corrected chi connectivity index (χ3v) is 10.1. The summed E-state index contributed by atoms with van der Waals surface area (Å²) in [4.78, 5) is 44.2. The normalized spacial score (nSPS) is 29.8. The summed E-state index contributed by atoms with van der Waals surface area (Å²) in [5, 5.41) is 17.0. The molecule has 0 saturated carbocycles. The first-order valence-corrected chi connectivity index (χ1v) is 15.0. The van der Waals surface area contributed by atoms with Crippen LogP contribution in [-0.2, 0) is 25.7 Å². The van der Waals surface area contributed by atoms with Gasteiger partial charge in [-0.1, -0.05) is 81.3 Å². The molecule has 3 aliphatic heterocycles. The fourth-order valence-corrected chi connectivity index (χ4v) is 7.67. The first-order chi connectivity index (χ1) is 19.6. The first kappa shape index (κ1) is 29.5. The quantitative estimate of drug-likeness (QED) is 0.384. The Balaban J connectivity index is 1.56. The van der Waals surface area contributed by atoms with Crippen molar-refractivity contribution in [1.82, 2.24) is 10.2 Å². The summed E-state index contributed by atoms with van der Waals surface area (Å²) in [6, 6.07) is 13.4. The van der Waals surface area contributed by atoms with Gasteiger partial charge in [-0.05, 0) is 49.3 Å². The number of anilines is 1. The number of amides is 3. The summed E-state index contributed by atoms with van der Waals surface area (Å²) in [6.07, 6.45) is 2.26. The molecule has 2 unspecified atom stereocenters. The van der Waals surface area contributed by atoms with Crippen LogP contribution in [0.4, 0.5) is 5.69 Å². The number of benzene rings is 2. The van der Waals surface area contributed by atoms with E-state index in [1.165, 1.54) is 4.90 Å². The number of nitrogens with one attached hydrogen (secondary N) is 2. The summed E-state index contributed by atoms with van der Waals surface area (Å²) in [5.41, 5.74) is 0.176. The van der Waals surface area contributed by atoms with Gasteiger partial charge in [-0.2, -0.15) is 0 Å². The van der Waals surface area contributed by atoms with Crippen LogP contribution in [0.3, 0.4) is 0 Å². The second kappa shape index (κ2) is 11.4. The summed E-state index contributed by atoms with van der Waals surface area (Å²) in [7, 11) is 0. The fraction of sp³-hybridized carbons (Fsp3) is 0.531. The van der Waals surface area contributed by atoms with E-state index in [9.17, 15) is 19.5 Å². The maximum atomic E-state index is 14.5. The van der Waals surface area contributed by atoms with E-state index in [1.807, 2.05) is 70.2 Å². The van der Waals surface area contributed by atoms with E-state index in [-0.39, 0.29) is 24.3 Å². The Morgan fingerprint density at radius 1 is 1.12 bits per heavy atom. The predicted octanol–water partition coefficient (Wildman–Crippen LogP) is 4.47.